The molecule has 2 aromatic rings. The van der Waals surface area contributed by atoms with E-state index in [0.29, 0.717) is 5.92 Å². The molecule has 3 nitrogen and oxygen atoms in total. The fourth-order valence-corrected chi connectivity index (χ4v) is 4.03. The third-order valence-corrected chi connectivity index (χ3v) is 4.73. The van der Waals surface area contributed by atoms with Gasteiger partial charge in [-0.25, -0.2) is 4.98 Å². The lowest BCUT2D eigenvalue weighted by molar-refractivity contribution is 0.322. The second-order valence-corrected chi connectivity index (χ2v) is 6.00. The Morgan fingerprint density at radius 1 is 1.26 bits per heavy atom. The molecule has 2 aliphatic rings. The van der Waals surface area contributed by atoms with E-state index in [1.54, 1.807) is 23.0 Å². The molecule has 4 rings (SSSR count). The molecule has 0 aliphatic heterocycles. The second kappa shape index (κ2) is 4.48. The predicted octanol–water partition coefficient (Wildman–Crippen LogP) is 2.96. The van der Waals surface area contributed by atoms with Gasteiger partial charge in [-0.05, 0) is 60.6 Å². The number of hydrogen-bond acceptors (Lipinski definition) is 2. The summed E-state index contributed by atoms with van der Waals surface area (Å²) in [6.45, 7) is 1.01. The summed E-state index contributed by atoms with van der Waals surface area (Å²) in [6.07, 6.45) is 10.0. The number of rotatable bonds is 2. The van der Waals surface area contributed by atoms with Crippen molar-refractivity contribution < 1.29 is 0 Å². The lowest BCUT2D eigenvalue weighted by atomic mass is 9.70. The van der Waals surface area contributed by atoms with E-state index in [1.807, 2.05) is 11.0 Å². The van der Waals surface area contributed by atoms with Crippen LogP contribution in [0.5, 0.6) is 0 Å². The number of hydrogen-bond donors (Lipinski definition) is 0. The van der Waals surface area contributed by atoms with Gasteiger partial charge in [-0.2, -0.15) is 5.10 Å². The Hall–Kier alpha value is -1.64. The van der Waals surface area contributed by atoms with Crippen LogP contribution in [0.4, 0.5) is 0 Å². The average molecular weight is 253 g/mol. The molecule has 3 heteroatoms. The largest absolute Gasteiger partial charge is 0.253 e. The van der Waals surface area contributed by atoms with Crippen LogP contribution in [0, 0.1) is 5.92 Å². The highest BCUT2D eigenvalue weighted by Gasteiger charge is 2.30. The van der Waals surface area contributed by atoms with Crippen LogP contribution in [0.3, 0.4) is 0 Å². The summed E-state index contributed by atoms with van der Waals surface area (Å²) in [7, 11) is 0. The van der Waals surface area contributed by atoms with Crippen molar-refractivity contribution in [2.24, 2.45) is 5.92 Å². The normalized spacial score (nSPS) is 25.1. The zero-order valence-corrected chi connectivity index (χ0v) is 11.1. The lowest BCUT2D eigenvalue weighted by Gasteiger charge is -2.36. The molecule has 1 aromatic carbocycles. The van der Waals surface area contributed by atoms with Crippen molar-refractivity contribution in [2.75, 3.05) is 0 Å². The third kappa shape index (κ3) is 1.97. The fourth-order valence-electron chi connectivity index (χ4n) is 4.03. The molecule has 0 saturated heterocycles. The van der Waals surface area contributed by atoms with Gasteiger partial charge in [0, 0.05) is 6.54 Å². The molecule has 0 fully saturated rings. The second-order valence-electron chi connectivity index (χ2n) is 6.00. The van der Waals surface area contributed by atoms with Gasteiger partial charge in [0.2, 0.25) is 0 Å². The quantitative estimate of drug-likeness (QED) is 0.824. The molecule has 1 heterocycles. The number of benzene rings is 1. The van der Waals surface area contributed by atoms with Crippen LogP contribution in [0.15, 0.2) is 30.9 Å². The maximum absolute atomic E-state index is 4.25. The smallest absolute Gasteiger partial charge is 0.137 e. The van der Waals surface area contributed by atoms with Gasteiger partial charge in [0.05, 0.1) is 0 Å². The molecule has 0 amide bonds. The molecular formula is C16H19N3. The van der Waals surface area contributed by atoms with Crippen LogP contribution in [-0.4, -0.2) is 14.8 Å². The Bertz CT molecular complexity index is 574. The van der Waals surface area contributed by atoms with Crippen molar-refractivity contribution in [3.05, 3.63) is 47.5 Å². The Morgan fingerprint density at radius 3 is 3.11 bits per heavy atom. The monoisotopic (exact) mass is 253 g/mol. The van der Waals surface area contributed by atoms with Crippen LogP contribution < -0.4 is 0 Å². The highest BCUT2D eigenvalue weighted by molar-refractivity contribution is 5.41. The van der Waals surface area contributed by atoms with Crippen molar-refractivity contribution in [2.45, 2.75) is 44.6 Å². The van der Waals surface area contributed by atoms with Crippen LogP contribution >= 0.6 is 0 Å². The zero-order valence-electron chi connectivity index (χ0n) is 11.1. The SMILES string of the molecule is c1cc2c3c(c1)C[C@@H](Cn1cncn1)C[C@@H]3CCC2. The minimum absolute atomic E-state index is 0.715. The fraction of sp³-hybridized carbons (Fsp3) is 0.500. The number of nitrogens with zero attached hydrogens (tertiary/aromatic N) is 3. The highest BCUT2D eigenvalue weighted by Crippen LogP contribution is 2.43. The maximum Gasteiger partial charge on any atom is 0.137 e. The Balaban J connectivity index is 1.63. The van der Waals surface area contributed by atoms with Crippen molar-refractivity contribution in [3.63, 3.8) is 0 Å². The zero-order chi connectivity index (χ0) is 12.7. The molecule has 0 radical (unpaired) electrons. The molecule has 0 N–H and O–H groups in total. The van der Waals surface area contributed by atoms with Gasteiger partial charge in [0.1, 0.15) is 12.7 Å². The first-order valence-corrected chi connectivity index (χ1v) is 7.33. The maximum atomic E-state index is 4.25. The summed E-state index contributed by atoms with van der Waals surface area (Å²) in [5.41, 5.74) is 4.91. The number of aryl methyl sites for hydroxylation is 1. The molecule has 0 saturated carbocycles. The van der Waals surface area contributed by atoms with Gasteiger partial charge in [-0.3, -0.25) is 4.68 Å². The van der Waals surface area contributed by atoms with E-state index in [4.69, 9.17) is 0 Å². The number of aromatic nitrogens is 3. The van der Waals surface area contributed by atoms with Crippen molar-refractivity contribution in [1.82, 2.24) is 14.8 Å². The average Bonchev–Trinajstić information content (AvgIpc) is 2.92. The summed E-state index contributed by atoms with van der Waals surface area (Å²) in [4.78, 5) is 4.05. The lowest BCUT2D eigenvalue weighted by Crippen LogP contribution is -2.26. The summed E-state index contributed by atoms with van der Waals surface area (Å²) < 4.78 is 1.99. The predicted molar refractivity (Wildman–Crippen MR) is 74.0 cm³/mol. The summed E-state index contributed by atoms with van der Waals surface area (Å²) in [5, 5.41) is 4.25. The van der Waals surface area contributed by atoms with Gasteiger partial charge in [0.25, 0.3) is 0 Å². The van der Waals surface area contributed by atoms with Gasteiger partial charge >= 0.3 is 0 Å². The minimum Gasteiger partial charge on any atom is -0.253 e. The van der Waals surface area contributed by atoms with Crippen molar-refractivity contribution in [1.29, 1.82) is 0 Å². The van der Waals surface area contributed by atoms with E-state index in [1.165, 1.54) is 32.1 Å². The summed E-state index contributed by atoms with van der Waals surface area (Å²) in [6, 6.07) is 6.92. The molecular weight excluding hydrogens is 234 g/mol. The first-order chi connectivity index (χ1) is 9.40. The van der Waals surface area contributed by atoms with Crippen LogP contribution in [0.2, 0.25) is 0 Å². The van der Waals surface area contributed by atoms with E-state index < -0.39 is 0 Å². The van der Waals surface area contributed by atoms with Crippen LogP contribution in [-0.2, 0) is 19.4 Å². The van der Waals surface area contributed by atoms with Crippen molar-refractivity contribution >= 4 is 0 Å². The van der Waals surface area contributed by atoms with E-state index in [-0.39, 0.29) is 0 Å². The molecule has 2 aliphatic carbocycles. The van der Waals surface area contributed by atoms with Gasteiger partial charge < -0.3 is 0 Å². The first kappa shape index (κ1) is 11.2. The molecule has 98 valence electrons. The molecule has 0 unspecified atom stereocenters. The molecule has 19 heavy (non-hydrogen) atoms. The molecule has 1 aromatic heterocycles. The van der Waals surface area contributed by atoms with E-state index in [9.17, 15) is 0 Å². The Morgan fingerprint density at radius 2 is 2.21 bits per heavy atom. The van der Waals surface area contributed by atoms with Crippen LogP contribution in [0.1, 0.15) is 41.9 Å². The summed E-state index contributed by atoms with van der Waals surface area (Å²) in [5.74, 6) is 1.51. The topological polar surface area (TPSA) is 30.7 Å². The Kier molecular flexibility index (Phi) is 2.64. The molecule has 2 atom stereocenters. The Labute approximate surface area is 113 Å². The first-order valence-electron chi connectivity index (χ1n) is 7.33. The van der Waals surface area contributed by atoms with Gasteiger partial charge in [-0.15, -0.1) is 0 Å². The highest BCUT2D eigenvalue weighted by atomic mass is 15.3. The molecule has 0 spiro atoms. The van der Waals surface area contributed by atoms with E-state index in [0.717, 1.165) is 12.5 Å². The van der Waals surface area contributed by atoms with Crippen molar-refractivity contribution in [3.8, 4) is 0 Å². The van der Waals surface area contributed by atoms with Gasteiger partial charge in [-0.1, -0.05) is 18.2 Å². The minimum atomic E-state index is 0.715. The standard InChI is InChI=1S/C16H19N3/c1-3-13-4-2-6-15-8-12(7-14(5-1)16(13)15)9-19-11-17-10-18-19/h1,3,5,10-12,15H,2,4,6-9H2/t12-,15+/m1/s1. The van der Waals surface area contributed by atoms with E-state index >= 15 is 0 Å². The molecule has 0 bridgehead atoms. The van der Waals surface area contributed by atoms with Gasteiger partial charge in [0.15, 0.2) is 0 Å². The van der Waals surface area contributed by atoms with E-state index in [2.05, 4.69) is 28.3 Å². The van der Waals surface area contributed by atoms with Crippen LogP contribution in [0.25, 0.3) is 0 Å². The third-order valence-electron chi connectivity index (χ3n) is 4.73. The summed E-state index contributed by atoms with van der Waals surface area (Å²) >= 11 is 0.